The van der Waals surface area contributed by atoms with Crippen molar-refractivity contribution in [2.75, 3.05) is 0 Å². The van der Waals surface area contributed by atoms with Crippen LogP contribution in [0.15, 0.2) is 66.7 Å². The molecular formula is C27H26FNO5P+. The lowest BCUT2D eigenvalue weighted by Crippen LogP contribution is -2.56. The van der Waals surface area contributed by atoms with Crippen LogP contribution in [0.4, 0.5) is 4.39 Å². The molecule has 3 unspecified atom stereocenters. The maximum atomic E-state index is 13.9. The molecule has 35 heavy (non-hydrogen) atoms. The molecule has 3 N–H and O–H groups in total. The second-order valence-electron chi connectivity index (χ2n) is 8.61. The predicted octanol–water partition coefficient (Wildman–Crippen LogP) is 4.84. The second kappa shape index (κ2) is 10.5. The van der Waals surface area contributed by atoms with Crippen LogP contribution in [0.3, 0.4) is 0 Å². The minimum atomic E-state index is -3.59. The normalized spacial score (nSPS) is 14.9. The molecule has 0 fully saturated rings. The molecule has 0 radical (unpaired) electrons. The molecule has 3 atom stereocenters. The van der Waals surface area contributed by atoms with Crippen LogP contribution in [0.25, 0.3) is 11.3 Å². The molecule has 8 heteroatoms. The number of carboxylic acid groups (broad SMARTS) is 1. The number of aryl methyl sites for hydroxylation is 1. The largest absolute Gasteiger partial charge is 0.541 e. The average molecular weight is 494 g/mol. The summed E-state index contributed by atoms with van der Waals surface area (Å²) >= 11 is 0. The van der Waals surface area contributed by atoms with E-state index in [1.54, 1.807) is 50.2 Å². The van der Waals surface area contributed by atoms with E-state index in [9.17, 15) is 28.9 Å². The smallest absolute Gasteiger partial charge is 0.477 e. The van der Waals surface area contributed by atoms with E-state index in [-0.39, 0.29) is 17.2 Å². The standard InChI is InChI=1S/C27H25FNO5P/c1-18(2)14-15-27(25(30)31,35(33)34)26(32,17-20-12-13-22(28)19(3)16-20)24-11-7-10-23(29-24)21-8-5-4-6-9-21/h4-13,16,18,32H,17H2,1-3H3,(H-,30,31,33,34)/p+1. The Morgan fingerprint density at radius 3 is 2.37 bits per heavy atom. The van der Waals surface area contributed by atoms with E-state index in [0.717, 1.165) is 0 Å². The molecule has 0 amide bonds. The van der Waals surface area contributed by atoms with Crippen molar-refractivity contribution in [3.8, 4) is 23.1 Å². The van der Waals surface area contributed by atoms with Crippen molar-refractivity contribution in [3.05, 3.63) is 89.4 Å². The lowest BCUT2D eigenvalue weighted by atomic mass is 9.78. The molecule has 2 aromatic carbocycles. The molecule has 0 aliphatic heterocycles. The summed E-state index contributed by atoms with van der Waals surface area (Å²) in [6.07, 6.45) is -0.444. The number of nitrogens with zero attached hydrogens (tertiary/aromatic N) is 1. The van der Waals surface area contributed by atoms with Gasteiger partial charge in [0, 0.05) is 17.9 Å². The van der Waals surface area contributed by atoms with Crippen LogP contribution in [-0.2, 0) is 21.4 Å². The van der Waals surface area contributed by atoms with Crippen LogP contribution in [-0.4, -0.2) is 31.2 Å². The van der Waals surface area contributed by atoms with Gasteiger partial charge in [0.1, 0.15) is 5.82 Å². The molecule has 3 rings (SSSR count). The van der Waals surface area contributed by atoms with E-state index in [4.69, 9.17) is 0 Å². The van der Waals surface area contributed by atoms with E-state index < -0.39 is 37.0 Å². The molecule has 180 valence electrons. The van der Waals surface area contributed by atoms with Crippen molar-refractivity contribution in [3.63, 3.8) is 0 Å². The van der Waals surface area contributed by atoms with Crippen molar-refractivity contribution in [2.24, 2.45) is 5.92 Å². The Bertz CT molecular complexity index is 1300. The van der Waals surface area contributed by atoms with Gasteiger partial charge in [-0.05, 0) is 46.7 Å². The molecule has 0 spiro atoms. The van der Waals surface area contributed by atoms with Gasteiger partial charge in [0.2, 0.25) is 0 Å². The van der Waals surface area contributed by atoms with E-state index in [1.807, 2.05) is 6.07 Å². The zero-order valence-corrected chi connectivity index (χ0v) is 20.5. The topological polar surface area (TPSA) is 108 Å². The number of benzene rings is 2. The van der Waals surface area contributed by atoms with Crippen LogP contribution < -0.4 is 0 Å². The van der Waals surface area contributed by atoms with Crippen molar-refractivity contribution in [1.82, 2.24) is 4.98 Å². The number of aliphatic hydroxyl groups is 1. The summed E-state index contributed by atoms with van der Waals surface area (Å²) in [5.41, 5.74) is -0.917. The number of carboxylic acids is 1. The minimum absolute atomic E-state index is 0.140. The fourth-order valence-corrected chi connectivity index (χ4v) is 4.66. The maximum Gasteiger partial charge on any atom is 0.541 e. The van der Waals surface area contributed by atoms with Gasteiger partial charge < -0.3 is 10.2 Å². The number of hydrogen-bond donors (Lipinski definition) is 3. The Kier molecular flexibility index (Phi) is 7.82. The number of carbonyl (C=O) groups is 1. The Morgan fingerprint density at radius 2 is 1.80 bits per heavy atom. The lowest BCUT2D eigenvalue weighted by Gasteiger charge is -2.33. The Labute approximate surface area is 204 Å². The molecule has 3 aromatic rings. The SMILES string of the molecule is Cc1cc(CC(O)(c2cccc(-c3ccccc3)n2)C(C#CC(C)C)(C(=O)O)[P+](=O)O)ccc1F. The highest BCUT2D eigenvalue weighted by atomic mass is 31.1. The fourth-order valence-electron chi connectivity index (χ4n) is 3.82. The molecule has 6 nitrogen and oxygen atoms in total. The third-order valence-corrected chi connectivity index (χ3v) is 6.91. The minimum Gasteiger partial charge on any atom is -0.477 e. The van der Waals surface area contributed by atoms with E-state index in [2.05, 4.69) is 16.8 Å². The lowest BCUT2D eigenvalue weighted by molar-refractivity contribution is -0.146. The van der Waals surface area contributed by atoms with Crippen molar-refractivity contribution >= 4 is 14.0 Å². The monoisotopic (exact) mass is 494 g/mol. The molecule has 0 bridgehead atoms. The van der Waals surface area contributed by atoms with Crippen LogP contribution in [0, 0.1) is 30.5 Å². The van der Waals surface area contributed by atoms with Gasteiger partial charge in [0.05, 0.1) is 11.4 Å². The number of aliphatic carboxylic acids is 1. The number of pyridine rings is 1. The van der Waals surface area contributed by atoms with Gasteiger partial charge in [-0.15, -0.1) is 0 Å². The highest BCUT2D eigenvalue weighted by Gasteiger charge is 2.72. The maximum absolute atomic E-state index is 13.9. The summed E-state index contributed by atoms with van der Waals surface area (Å²) in [6, 6.07) is 17.7. The van der Waals surface area contributed by atoms with Gasteiger partial charge in [-0.2, -0.15) is 4.89 Å². The summed E-state index contributed by atoms with van der Waals surface area (Å²) in [4.78, 5) is 27.6. The van der Waals surface area contributed by atoms with Gasteiger partial charge in [-0.3, -0.25) is 0 Å². The molecule has 0 saturated heterocycles. The van der Waals surface area contributed by atoms with Gasteiger partial charge in [0.25, 0.3) is 0 Å². The van der Waals surface area contributed by atoms with Crippen LogP contribution in [0.1, 0.15) is 30.7 Å². The summed E-state index contributed by atoms with van der Waals surface area (Å²) in [6.45, 7) is 4.92. The zero-order chi connectivity index (χ0) is 25.8. The van der Waals surface area contributed by atoms with E-state index in [1.165, 1.54) is 31.2 Å². The number of rotatable bonds is 7. The van der Waals surface area contributed by atoms with Crippen molar-refractivity contribution in [1.29, 1.82) is 0 Å². The first-order valence-corrected chi connectivity index (χ1v) is 12.1. The zero-order valence-electron chi connectivity index (χ0n) is 19.6. The molecule has 1 aromatic heterocycles. The second-order valence-corrected chi connectivity index (χ2v) is 9.82. The Hall–Kier alpha value is -3.43. The number of aromatic nitrogens is 1. The molecule has 0 saturated carbocycles. The van der Waals surface area contributed by atoms with Gasteiger partial charge in [0.15, 0.2) is 5.60 Å². The first-order valence-electron chi connectivity index (χ1n) is 10.9. The quantitative estimate of drug-likeness (QED) is 0.320. The first-order chi connectivity index (χ1) is 16.5. The summed E-state index contributed by atoms with van der Waals surface area (Å²) in [5, 5.41) is 19.6. The van der Waals surface area contributed by atoms with Gasteiger partial charge in [-0.25, -0.2) is 14.2 Å². The summed E-state index contributed by atoms with van der Waals surface area (Å²) in [5.74, 6) is 2.51. The number of hydrogen-bond acceptors (Lipinski definition) is 4. The highest BCUT2D eigenvalue weighted by Crippen LogP contribution is 2.50. The average Bonchev–Trinajstić information content (AvgIpc) is 2.82. The fraction of sp³-hybridized carbons (Fsp3) is 0.259. The van der Waals surface area contributed by atoms with Crippen LogP contribution in [0.2, 0.25) is 0 Å². The van der Waals surface area contributed by atoms with Crippen molar-refractivity contribution < 1.29 is 28.9 Å². The summed E-state index contributed by atoms with van der Waals surface area (Å²) in [7, 11) is -3.59. The third kappa shape index (κ3) is 5.16. The molecular weight excluding hydrogens is 468 g/mol. The first kappa shape index (κ1) is 26.2. The Morgan fingerprint density at radius 1 is 1.11 bits per heavy atom. The number of halogens is 1. The molecule has 0 aliphatic carbocycles. The molecule has 1 heterocycles. The third-order valence-electron chi connectivity index (χ3n) is 5.66. The summed E-state index contributed by atoms with van der Waals surface area (Å²) < 4.78 is 26.7. The van der Waals surface area contributed by atoms with E-state index in [0.29, 0.717) is 16.8 Å². The van der Waals surface area contributed by atoms with Crippen LogP contribution >= 0.6 is 8.03 Å². The van der Waals surface area contributed by atoms with Gasteiger partial charge in [-0.1, -0.05) is 68.3 Å². The van der Waals surface area contributed by atoms with Gasteiger partial charge >= 0.3 is 19.2 Å². The Balaban J connectivity index is 2.34. The van der Waals surface area contributed by atoms with Crippen LogP contribution in [0.5, 0.6) is 0 Å². The molecule has 0 aliphatic rings. The highest BCUT2D eigenvalue weighted by molar-refractivity contribution is 7.42. The predicted molar refractivity (Wildman–Crippen MR) is 131 cm³/mol. The van der Waals surface area contributed by atoms with E-state index >= 15 is 0 Å². The van der Waals surface area contributed by atoms with Crippen molar-refractivity contribution in [2.45, 2.75) is 37.9 Å².